The first kappa shape index (κ1) is 29.7. The first-order chi connectivity index (χ1) is 19.4. The van der Waals surface area contributed by atoms with Gasteiger partial charge < -0.3 is 15.4 Å². The fraction of sp³-hybridized carbons (Fsp3) is 0.607. The number of hydrogen-bond donors (Lipinski definition) is 3. The lowest BCUT2D eigenvalue weighted by Gasteiger charge is -2.34. The minimum absolute atomic E-state index is 0.00240. The number of amides is 1. The van der Waals surface area contributed by atoms with E-state index in [1.165, 1.54) is 0 Å². The van der Waals surface area contributed by atoms with Crippen LogP contribution < -0.4 is 25.8 Å². The van der Waals surface area contributed by atoms with E-state index in [0.717, 1.165) is 37.8 Å². The summed E-state index contributed by atoms with van der Waals surface area (Å²) in [6, 6.07) is 3.49. The predicted molar refractivity (Wildman–Crippen MR) is 155 cm³/mol. The Labute approximate surface area is 242 Å². The minimum Gasteiger partial charge on any atom is -0.401 e. The number of hydrazine groups is 1. The number of alkyl halides is 3. The van der Waals surface area contributed by atoms with E-state index in [-0.39, 0.29) is 37.3 Å². The van der Waals surface area contributed by atoms with Crippen LogP contribution in [0, 0.1) is 11.3 Å². The average molecular weight is 594 g/mol. The van der Waals surface area contributed by atoms with Crippen LogP contribution in [0.15, 0.2) is 40.0 Å². The summed E-state index contributed by atoms with van der Waals surface area (Å²) in [5.74, 6) is 1.26. The Hall–Kier alpha value is -2.77. The quantitative estimate of drug-likeness (QED) is 0.408. The number of halogens is 3. The van der Waals surface area contributed by atoms with Crippen LogP contribution in [0.25, 0.3) is 0 Å². The van der Waals surface area contributed by atoms with Gasteiger partial charge in [0.2, 0.25) is 0 Å². The zero-order valence-electron chi connectivity index (χ0n) is 23.6. The maximum atomic E-state index is 13.4. The molecule has 2 atom stereocenters. The molecule has 3 aliphatic heterocycles. The Morgan fingerprint density at radius 3 is 2.78 bits per heavy atom. The number of allylic oxidation sites excluding steroid dienone is 2. The van der Waals surface area contributed by atoms with E-state index in [2.05, 4.69) is 33.9 Å². The molecule has 5 rings (SSSR count). The number of carbonyl (C=O) groups excluding carboxylic acids is 1. The van der Waals surface area contributed by atoms with Gasteiger partial charge >= 0.3 is 6.18 Å². The molecule has 4 aliphatic rings. The third kappa shape index (κ3) is 6.51. The molecule has 2 unspecified atom stereocenters. The maximum Gasteiger partial charge on any atom is 0.394 e. The second-order valence-electron chi connectivity index (χ2n) is 12.0. The Kier molecular flexibility index (Phi) is 8.32. The smallest absolute Gasteiger partial charge is 0.394 e. The lowest BCUT2D eigenvalue weighted by Crippen LogP contribution is -2.41. The molecule has 9 nitrogen and oxygen atoms in total. The molecule has 13 heteroatoms. The van der Waals surface area contributed by atoms with Crippen LogP contribution in [0.3, 0.4) is 0 Å². The largest absolute Gasteiger partial charge is 0.401 e. The number of ether oxygens (including phenoxy) is 1. The first-order valence-electron chi connectivity index (χ1n) is 14.0. The van der Waals surface area contributed by atoms with Crippen LogP contribution in [-0.4, -0.2) is 54.7 Å². The molecule has 1 saturated carbocycles. The summed E-state index contributed by atoms with van der Waals surface area (Å²) in [4.78, 5) is 25.8. The van der Waals surface area contributed by atoms with Gasteiger partial charge in [-0.05, 0) is 95.4 Å². The molecular weight excluding hydrogens is 555 g/mol. The molecule has 2 bridgehead atoms. The number of nitrogens with one attached hydrogen (secondary N) is 2. The topological polar surface area (TPSA) is 108 Å². The fourth-order valence-corrected chi connectivity index (χ4v) is 6.32. The highest BCUT2D eigenvalue weighted by atomic mass is 32.2. The van der Waals surface area contributed by atoms with Gasteiger partial charge in [0, 0.05) is 43.3 Å². The average Bonchev–Trinajstić information content (AvgIpc) is 3.45. The van der Waals surface area contributed by atoms with Gasteiger partial charge in [0.1, 0.15) is 17.9 Å². The number of hydrogen-bond acceptors (Lipinski definition) is 9. The van der Waals surface area contributed by atoms with Crippen LogP contribution in [0.5, 0.6) is 0 Å². The van der Waals surface area contributed by atoms with E-state index in [9.17, 15) is 18.0 Å². The van der Waals surface area contributed by atoms with Gasteiger partial charge in [0.15, 0.2) is 0 Å². The van der Waals surface area contributed by atoms with E-state index < -0.39 is 17.8 Å². The van der Waals surface area contributed by atoms with Gasteiger partial charge in [-0.2, -0.15) is 18.6 Å². The molecule has 1 amide bonds. The Balaban J connectivity index is 1.34. The van der Waals surface area contributed by atoms with Crippen molar-refractivity contribution in [2.24, 2.45) is 22.1 Å². The molecule has 0 spiro atoms. The normalized spacial score (nSPS) is 26.9. The summed E-state index contributed by atoms with van der Waals surface area (Å²) in [6.07, 6.45) is 3.63. The number of rotatable bonds is 5. The van der Waals surface area contributed by atoms with Gasteiger partial charge in [0.25, 0.3) is 5.91 Å². The van der Waals surface area contributed by atoms with Crippen molar-refractivity contribution in [3.63, 3.8) is 0 Å². The summed E-state index contributed by atoms with van der Waals surface area (Å²) >= 11 is 1.13. The zero-order chi connectivity index (χ0) is 29.4. The lowest BCUT2D eigenvalue weighted by atomic mass is 9.93. The van der Waals surface area contributed by atoms with Crippen LogP contribution in [0.1, 0.15) is 69.7 Å². The van der Waals surface area contributed by atoms with Gasteiger partial charge in [-0.1, -0.05) is 0 Å². The third-order valence-electron chi connectivity index (χ3n) is 8.33. The molecule has 2 fully saturated rings. The van der Waals surface area contributed by atoms with Crippen molar-refractivity contribution in [2.75, 3.05) is 29.6 Å². The summed E-state index contributed by atoms with van der Waals surface area (Å²) in [5, 5.41) is 1.68. The van der Waals surface area contributed by atoms with Crippen LogP contribution in [-0.2, 0) is 4.74 Å². The van der Waals surface area contributed by atoms with Crippen molar-refractivity contribution in [3.8, 4) is 0 Å². The molecular formula is C28H38F3N7O2S. The summed E-state index contributed by atoms with van der Waals surface area (Å²) in [7, 11) is 0. The first-order valence-corrected chi connectivity index (χ1v) is 14.8. The summed E-state index contributed by atoms with van der Waals surface area (Å²) in [5.41, 5.74) is 8.35. The molecule has 1 aromatic rings. The van der Waals surface area contributed by atoms with E-state index in [4.69, 9.17) is 15.5 Å². The molecule has 0 aromatic carbocycles. The number of anilines is 2. The van der Waals surface area contributed by atoms with Gasteiger partial charge in [-0.25, -0.2) is 4.98 Å². The molecule has 1 saturated heterocycles. The number of carbonyl (C=O) groups is 1. The summed E-state index contributed by atoms with van der Waals surface area (Å²) < 4.78 is 48.4. The molecule has 1 aliphatic carbocycles. The Morgan fingerprint density at radius 2 is 2.07 bits per heavy atom. The Morgan fingerprint density at radius 1 is 1.29 bits per heavy atom. The number of aromatic nitrogens is 1. The zero-order valence-corrected chi connectivity index (χ0v) is 24.4. The van der Waals surface area contributed by atoms with Crippen LogP contribution >= 0.6 is 11.9 Å². The maximum absolute atomic E-state index is 13.4. The van der Waals surface area contributed by atoms with Gasteiger partial charge in [-0.3, -0.25) is 19.5 Å². The second-order valence-corrected chi connectivity index (χ2v) is 12.8. The minimum atomic E-state index is -4.19. The molecule has 0 radical (unpaired) electrons. The molecule has 4 N–H and O–H groups in total. The van der Waals surface area contributed by atoms with Crippen LogP contribution in [0.2, 0.25) is 0 Å². The highest BCUT2D eigenvalue weighted by molar-refractivity contribution is 8.02. The fourth-order valence-electron chi connectivity index (χ4n) is 5.72. The highest BCUT2D eigenvalue weighted by Crippen LogP contribution is 2.59. The van der Waals surface area contributed by atoms with E-state index in [0.29, 0.717) is 40.3 Å². The Bertz CT molecular complexity index is 1240. The SMILES string of the molecule is C/C(N)=C1/C=NCCCC2CN(c3nc(N4C=CC(OCCC5(C(F)(F)F)CC5)N4)ccc3C(=O)NS1)C(C)(C)C2. The van der Waals surface area contributed by atoms with E-state index in [1.54, 1.807) is 42.6 Å². The molecule has 41 heavy (non-hydrogen) atoms. The number of nitrogens with two attached hydrogens (primary N) is 1. The van der Waals surface area contributed by atoms with E-state index >= 15 is 0 Å². The molecule has 4 heterocycles. The second kappa shape index (κ2) is 11.5. The van der Waals surface area contributed by atoms with Crippen molar-refractivity contribution in [2.45, 2.75) is 77.2 Å². The molecule has 224 valence electrons. The summed E-state index contributed by atoms with van der Waals surface area (Å²) in [6.45, 7) is 7.56. The van der Waals surface area contributed by atoms with Gasteiger partial charge in [0.05, 0.1) is 15.9 Å². The van der Waals surface area contributed by atoms with Gasteiger partial charge in [-0.15, -0.1) is 0 Å². The number of aliphatic imine (C=N–C) groups is 1. The highest BCUT2D eigenvalue weighted by Gasteiger charge is 2.62. The van der Waals surface area contributed by atoms with Crippen molar-refractivity contribution in [1.82, 2.24) is 15.1 Å². The van der Waals surface area contributed by atoms with Crippen LogP contribution in [0.4, 0.5) is 24.8 Å². The predicted octanol–water partition coefficient (Wildman–Crippen LogP) is 5.03. The lowest BCUT2D eigenvalue weighted by molar-refractivity contribution is -0.192. The number of nitrogens with zero attached hydrogens (tertiary/aromatic N) is 4. The van der Waals surface area contributed by atoms with Crippen molar-refractivity contribution >= 4 is 35.7 Å². The standard InChI is InChI=1S/C28H38F3N7O2S/c1-18(32)21-16-33-12-4-5-19-15-26(2,3)37(17-19)24-20(25(39)36-41-21)6-7-22(34-24)38-13-8-23(35-38)40-14-11-27(9-10-27)28(29,30)31/h6-8,13,16,19,23,35H,4-5,9-12,14-15,17,32H2,1-3H3,(H,36,39)/b21-18+,33-16?. The van der Waals surface area contributed by atoms with Crippen molar-refractivity contribution < 1.29 is 22.7 Å². The van der Waals surface area contributed by atoms with Crippen molar-refractivity contribution in [3.05, 3.63) is 40.6 Å². The number of pyridine rings is 1. The molecule has 1 aromatic heterocycles. The van der Waals surface area contributed by atoms with E-state index in [1.807, 2.05) is 0 Å². The monoisotopic (exact) mass is 593 g/mol. The third-order valence-corrected chi connectivity index (χ3v) is 9.26. The number of fused-ring (bicyclic) bond motifs is 4. The van der Waals surface area contributed by atoms with Crippen molar-refractivity contribution in [1.29, 1.82) is 0 Å².